The minimum atomic E-state index is -0.320. The van der Waals surface area contributed by atoms with Gasteiger partial charge in [-0.2, -0.15) is 0 Å². The van der Waals surface area contributed by atoms with Crippen LogP contribution >= 0.6 is 0 Å². The van der Waals surface area contributed by atoms with Gasteiger partial charge in [-0.1, -0.05) is 6.07 Å². The Morgan fingerprint density at radius 1 is 1.17 bits per heavy atom. The summed E-state index contributed by atoms with van der Waals surface area (Å²) in [5.74, 6) is 2.20. The molecule has 10 nitrogen and oxygen atoms in total. The molecule has 0 amide bonds. The van der Waals surface area contributed by atoms with Crippen LogP contribution in [0.2, 0.25) is 0 Å². The Bertz CT molecular complexity index is 1030. The first kappa shape index (κ1) is 18.1. The summed E-state index contributed by atoms with van der Waals surface area (Å²) in [5.41, 5.74) is 2.49. The lowest BCUT2D eigenvalue weighted by atomic mass is 10.1. The summed E-state index contributed by atoms with van der Waals surface area (Å²) in [6.07, 6.45) is 2.59. The average Bonchev–Trinajstić information content (AvgIpc) is 3.39. The first-order valence-electron chi connectivity index (χ1n) is 9.47. The van der Waals surface area contributed by atoms with Gasteiger partial charge < -0.3 is 24.6 Å². The molecule has 2 aliphatic heterocycles. The molecule has 2 aromatic heterocycles. The summed E-state index contributed by atoms with van der Waals surface area (Å²) in [7, 11) is 1.80. The number of aromatic nitrogens is 4. The van der Waals surface area contributed by atoms with Crippen molar-refractivity contribution in [1.82, 2.24) is 24.4 Å². The zero-order chi connectivity index (χ0) is 19.8. The molecule has 2 N–H and O–H groups in total. The maximum atomic E-state index is 9.76. The van der Waals surface area contributed by atoms with E-state index in [2.05, 4.69) is 25.2 Å². The fraction of sp³-hybridized carbons (Fsp3) is 0.421. The fourth-order valence-corrected chi connectivity index (χ4v) is 3.82. The molecule has 152 valence electrons. The topological polar surface area (TPSA) is 107 Å². The average molecular weight is 398 g/mol. The van der Waals surface area contributed by atoms with Crippen molar-refractivity contribution in [1.29, 1.82) is 0 Å². The van der Waals surface area contributed by atoms with Crippen molar-refractivity contribution in [2.75, 3.05) is 38.9 Å². The third kappa shape index (κ3) is 3.35. The molecule has 4 heterocycles. The number of benzene rings is 1. The highest BCUT2D eigenvalue weighted by atomic mass is 16.7. The van der Waals surface area contributed by atoms with Gasteiger partial charge in [0, 0.05) is 26.7 Å². The quantitative estimate of drug-likeness (QED) is 0.650. The Morgan fingerprint density at radius 2 is 2.07 bits per heavy atom. The van der Waals surface area contributed by atoms with Gasteiger partial charge in [0.25, 0.3) is 0 Å². The van der Waals surface area contributed by atoms with E-state index < -0.39 is 0 Å². The Labute approximate surface area is 167 Å². The molecular formula is C19H22N6O4. The second-order valence-corrected chi connectivity index (χ2v) is 7.07. The molecule has 10 heteroatoms. The molecule has 2 atom stereocenters. The summed E-state index contributed by atoms with van der Waals surface area (Å²) in [6.45, 7) is 2.17. The number of nitrogens with one attached hydrogen (secondary N) is 1. The maximum Gasteiger partial charge on any atom is 0.231 e. The minimum absolute atomic E-state index is 0.0580. The summed E-state index contributed by atoms with van der Waals surface area (Å²) >= 11 is 0. The Balaban J connectivity index is 1.40. The van der Waals surface area contributed by atoms with Crippen molar-refractivity contribution >= 4 is 17.0 Å². The number of fused-ring (bicyclic) bond motifs is 2. The van der Waals surface area contributed by atoms with Gasteiger partial charge in [-0.3, -0.25) is 9.47 Å². The second-order valence-electron chi connectivity index (χ2n) is 7.07. The van der Waals surface area contributed by atoms with Gasteiger partial charge in [0.05, 0.1) is 19.0 Å². The third-order valence-corrected chi connectivity index (χ3v) is 5.18. The molecule has 1 saturated heterocycles. The predicted octanol–water partition coefficient (Wildman–Crippen LogP) is 0.989. The van der Waals surface area contributed by atoms with Crippen LogP contribution in [-0.4, -0.2) is 69.2 Å². The lowest BCUT2D eigenvalue weighted by Gasteiger charge is -2.37. The predicted molar refractivity (Wildman–Crippen MR) is 104 cm³/mol. The number of nitrogens with zero attached hydrogens (tertiary/aromatic N) is 5. The molecule has 0 unspecified atom stereocenters. The highest BCUT2D eigenvalue weighted by Gasteiger charge is 2.30. The van der Waals surface area contributed by atoms with Crippen molar-refractivity contribution in [2.45, 2.75) is 18.9 Å². The highest BCUT2D eigenvalue weighted by molar-refractivity contribution is 5.82. The highest BCUT2D eigenvalue weighted by Crippen LogP contribution is 2.33. The number of anilines is 1. The fourth-order valence-electron chi connectivity index (χ4n) is 3.82. The number of aliphatic hydroxyl groups excluding tert-OH is 1. The van der Waals surface area contributed by atoms with Gasteiger partial charge in [-0.05, 0) is 17.7 Å². The Morgan fingerprint density at radius 3 is 2.93 bits per heavy atom. The molecule has 1 aromatic carbocycles. The molecule has 1 fully saturated rings. The van der Waals surface area contributed by atoms with Gasteiger partial charge >= 0.3 is 0 Å². The lowest BCUT2D eigenvalue weighted by molar-refractivity contribution is -0.135. The molecule has 0 bridgehead atoms. The number of hydrogen-bond acceptors (Lipinski definition) is 9. The monoisotopic (exact) mass is 398 g/mol. The summed E-state index contributed by atoms with van der Waals surface area (Å²) in [6, 6.07) is 5.96. The molecule has 0 saturated carbocycles. The van der Waals surface area contributed by atoms with E-state index >= 15 is 0 Å². The summed E-state index contributed by atoms with van der Waals surface area (Å²) < 4.78 is 18.9. The van der Waals surface area contributed by atoms with Crippen molar-refractivity contribution in [3.63, 3.8) is 0 Å². The number of hydrogen-bond donors (Lipinski definition) is 2. The number of rotatable bonds is 5. The molecule has 2 aliphatic rings. The van der Waals surface area contributed by atoms with Gasteiger partial charge in [-0.25, -0.2) is 15.0 Å². The number of ether oxygens (including phenoxy) is 3. The van der Waals surface area contributed by atoms with E-state index in [1.54, 1.807) is 13.4 Å². The van der Waals surface area contributed by atoms with Crippen LogP contribution in [0.1, 0.15) is 11.8 Å². The van der Waals surface area contributed by atoms with Crippen LogP contribution in [0.15, 0.2) is 30.9 Å². The maximum absolute atomic E-state index is 9.76. The standard InChI is InChI=1S/C19H22N6O4/c1-20-18-17-19(22-9-21-18)25(10-23-17)16-7-24(6-13(8-26)29-16)5-12-2-3-14-15(4-12)28-11-27-14/h2-4,9-10,13,16,26H,5-8,11H2,1H3,(H,20,21,22)/t13-,16+/m0/s1. The molecule has 29 heavy (non-hydrogen) atoms. The van der Waals surface area contributed by atoms with E-state index in [9.17, 15) is 5.11 Å². The second kappa shape index (κ2) is 7.47. The van der Waals surface area contributed by atoms with Crippen molar-refractivity contribution in [3.8, 4) is 11.5 Å². The Hall–Kier alpha value is -2.95. The van der Waals surface area contributed by atoms with E-state index in [-0.39, 0.29) is 25.7 Å². The largest absolute Gasteiger partial charge is 0.454 e. The zero-order valence-electron chi connectivity index (χ0n) is 16.0. The SMILES string of the molecule is CNc1ncnc2c1ncn2[C@H]1CN(Cc2ccc3c(c2)OCO3)C[C@@H](CO)O1. The number of aliphatic hydroxyl groups is 1. The van der Waals surface area contributed by atoms with E-state index in [0.29, 0.717) is 36.6 Å². The first-order chi connectivity index (χ1) is 14.2. The van der Waals surface area contributed by atoms with Crippen LogP contribution in [0.4, 0.5) is 5.82 Å². The molecule has 5 rings (SSSR count). The summed E-state index contributed by atoms with van der Waals surface area (Å²) in [4.78, 5) is 15.3. The van der Waals surface area contributed by atoms with Crippen molar-refractivity contribution < 1.29 is 19.3 Å². The normalized spacial score (nSPS) is 21.6. The smallest absolute Gasteiger partial charge is 0.231 e. The zero-order valence-corrected chi connectivity index (χ0v) is 16.0. The minimum Gasteiger partial charge on any atom is -0.454 e. The van der Waals surface area contributed by atoms with Crippen LogP contribution < -0.4 is 14.8 Å². The van der Waals surface area contributed by atoms with Gasteiger partial charge in [-0.15, -0.1) is 0 Å². The molecular weight excluding hydrogens is 376 g/mol. The molecule has 3 aromatic rings. The third-order valence-electron chi connectivity index (χ3n) is 5.18. The van der Waals surface area contributed by atoms with Crippen LogP contribution in [0.25, 0.3) is 11.2 Å². The number of morpholine rings is 1. The van der Waals surface area contributed by atoms with Gasteiger partial charge in [0.2, 0.25) is 6.79 Å². The molecule has 0 aliphatic carbocycles. The summed E-state index contributed by atoms with van der Waals surface area (Å²) in [5, 5.41) is 12.8. The van der Waals surface area contributed by atoms with Gasteiger partial charge in [0.15, 0.2) is 23.0 Å². The molecule has 0 spiro atoms. The van der Waals surface area contributed by atoms with E-state index in [1.165, 1.54) is 6.33 Å². The van der Waals surface area contributed by atoms with E-state index in [0.717, 1.165) is 17.1 Å². The van der Waals surface area contributed by atoms with E-state index in [4.69, 9.17) is 14.2 Å². The van der Waals surface area contributed by atoms with Crippen molar-refractivity contribution in [3.05, 3.63) is 36.4 Å². The number of imidazole rings is 1. The van der Waals surface area contributed by atoms with Crippen molar-refractivity contribution in [2.24, 2.45) is 0 Å². The van der Waals surface area contributed by atoms with Crippen LogP contribution in [0.5, 0.6) is 11.5 Å². The van der Waals surface area contributed by atoms with Crippen LogP contribution in [0, 0.1) is 0 Å². The first-order valence-corrected chi connectivity index (χ1v) is 9.47. The lowest BCUT2D eigenvalue weighted by Crippen LogP contribution is -2.46. The van der Waals surface area contributed by atoms with Crippen LogP contribution in [-0.2, 0) is 11.3 Å². The molecule has 0 radical (unpaired) electrons. The van der Waals surface area contributed by atoms with E-state index in [1.807, 2.05) is 22.8 Å². The van der Waals surface area contributed by atoms with Crippen LogP contribution in [0.3, 0.4) is 0 Å². The van der Waals surface area contributed by atoms with Gasteiger partial charge in [0.1, 0.15) is 18.1 Å². The Kier molecular flexibility index (Phi) is 4.66.